The molecule has 4 aromatic rings. The van der Waals surface area contributed by atoms with Gasteiger partial charge in [-0.2, -0.15) is 0 Å². The first-order chi connectivity index (χ1) is 15.1. The van der Waals surface area contributed by atoms with E-state index in [4.69, 9.17) is 16.3 Å². The quantitative estimate of drug-likeness (QED) is 0.339. The standard InChI is InChI=1S/C25H23ClN2O3/c26-20-7-3-6-18(11-20)16-31-21-8-4-5-17(12-21)14-27-24(25(29)30)13-19-15-28-23-10-2-1-9-22(19)23/h1-12,15,24,27-28H,13-14,16H2,(H,29,30)/t24-/m1/s1. The Kier molecular flexibility index (Phi) is 6.55. The lowest BCUT2D eigenvalue weighted by molar-refractivity contribution is -0.139. The summed E-state index contributed by atoms with van der Waals surface area (Å²) in [5.74, 6) is -0.151. The molecule has 1 atom stereocenters. The molecule has 31 heavy (non-hydrogen) atoms. The Morgan fingerprint density at radius 1 is 1.03 bits per heavy atom. The molecule has 1 heterocycles. The van der Waals surface area contributed by atoms with Crippen molar-refractivity contribution >= 4 is 28.5 Å². The van der Waals surface area contributed by atoms with Crippen LogP contribution in [0.1, 0.15) is 16.7 Å². The van der Waals surface area contributed by atoms with Crippen LogP contribution in [0.25, 0.3) is 10.9 Å². The maximum absolute atomic E-state index is 11.8. The van der Waals surface area contributed by atoms with E-state index < -0.39 is 12.0 Å². The number of benzene rings is 3. The monoisotopic (exact) mass is 434 g/mol. The van der Waals surface area contributed by atoms with Crippen LogP contribution in [0.5, 0.6) is 5.75 Å². The van der Waals surface area contributed by atoms with Crippen LogP contribution in [0, 0.1) is 0 Å². The van der Waals surface area contributed by atoms with Gasteiger partial charge in [-0.1, -0.05) is 54.1 Å². The molecule has 3 N–H and O–H groups in total. The van der Waals surface area contributed by atoms with Gasteiger partial charge in [0.05, 0.1) is 0 Å². The van der Waals surface area contributed by atoms with Crippen molar-refractivity contribution < 1.29 is 14.6 Å². The Balaban J connectivity index is 1.38. The van der Waals surface area contributed by atoms with Gasteiger partial charge in [-0.3, -0.25) is 4.79 Å². The fourth-order valence-corrected chi connectivity index (χ4v) is 3.76. The van der Waals surface area contributed by atoms with Crippen molar-refractivity contribution in [3.8, 4) is 5.75 Å². The highest BCUT2D eigenvalue weighted by Crippen LogP contribution is 2.20. The Morgan fingerprint density at radius 2 is 1.84 bits per heavy atom. The number of ether oxygens (including phenoxy) is 1. The Morgan fingerprint density at radius 3 is 2.68 bits per heavy atom. The van der Waals surface area contributed by atoms with Crippen molar-refractivity contribution in [2.45, 2.75) is 25.6 Å². The number of nitrogens with one attached hydrogen (secondary N) is 2. The van der Waals surface area contributed by atoms with Crippen LogP contribution < -0.4 is 10.1 Å². The van der Waals surface area contributed by atoms with Gasteiger partial charge in [0.1, 0.15) is 18.4 Å². The van der Waals surface area contributed by atoms with E-state index in [1.165, 1.54) is 0 Å². The lowest BCUT2D eigenvalue weighted by Gasteiger charge is -2.15. The molecule has 3 aromatic carbocycles. The number of H-pyrrole nitrogens is 1. The maximum Gasteiger partial charge on any atom is 0.321 e. The molecule has 5 nitrogen and oxygen atoms in total. The zero-order chi connectivity index (χ0) is 21.6. The average Bonchev–Trinajstić information content (AvgIpc) is 3.18. The highest BCUT2D eigenvalue weighted by molar-refractivity contribution is 6.30. The van der Waals surface area contributed by atoms with Crippen molar-refractivity contribution in [2.75, 3.05) is 0 Å². The van der Waals surface area contributed by atoms with Crippen molar-refractivity contribution in [3.05, 3.63) is 101 Å². The molecule has 0 bridgehead atoms. The van der Waals surface area contributed by atoms with E-state index >= 15 is 0 Å². The molecule has 6 heteroatoms. The molecule has 0 spiro atoms. The third-order valence-electron chi connectivity index (χ3n) is 5.14. The number of aliphatic carboxylic acids is 1. The number of aromatic amines is 1. The minimum Gasteiger partial charge on any atom is -0.489 e. The molecule has 0 saturated carbocycles. The average molecular weight is 435 g/mol. The van der Waals surface area contributed by atoms with E-state index in [1.807, 2.05) is 79.0 Å². The van der Waals surface area contributed by atoms with E-state index in [1.54, 1.807) is 0 Å². The summed E-state index contributed by atoms with van der Waals surface area (Å²) in [4.78, 5) is 15.0. The third kappa shape index (κ3) is 5.45. The zero-order valence-electron chi connectivity index (χ0n) is 16.8. The summed E-state index contributed by atoms with van der Waals surface area (Å²) in [5, 5.41) is 14.6. The smallest absolute Gasteiger partial charge is 0.321 e. The number of para-hydroxylation sites is 1. The molecule has 0 amide bonds. The van der Waals surface area contributed by atoms with E-state index in [-0.39, 0.29) is 0 Å². The molecule has 0 aliphatic heterocycles. The van der Waals surface area contributed by atoms with Crippen molar-refractivity contribution in [1.82, 2.24) is 10.3 Å². The summed E-state index contributed by atoms with van der Waals surface area (Å²) in [6.45, 7) is 0.837. The van der Waals surface area contributed by atoms with Gasteiger partial charge in [-0.25, -0.2) is 0 Å². The number of carboxylic acids is 1. The Hall–Kier alpha value is -3.28. The van der Waals surface area contributed by atoms with Crippen LogP contribution in [0.15, 0.2) is 79.0 Å². The molecule has 0 aliphatic carbocycles. The largest absolute Gasteiger partial charge is 0.489 e. The fourth-order valence-electron chi connectivity index (χ4n) is 3.55. The summed E-state index contributed by atoms with van der Waals surface area (Å²) >= 11 is 6.02. The van der Waals surface area contributed by atoms with Gasteiger partial charge in [-0.15, -0.1) is 0 Å². The molecule has 4 rings (SSSR count). The van der Waals surface area contributed by atoms with Gasteiger partial charge >= 0.3 is 5.97 Å². The van der Waals surface area contributed by atoms with Crippen LogP contribution in [0.2, 0.25) is 5.02 Å². The molecule has 158 valence electrons. The second kappa shape index (κ2) is 9.69. The summed E-state index contributed by atoms with van der Waals surface area (Å²) in [6.07, 6.45) is 2.27. The summed E-state index contributed by atoms with van der Waals surface area (Å²) in [7, 11) is 0. The number of carbonyl (C=O) groups is 1. The number of rotatable bonds is 9. The molecule has 0 fully saturated rings. The van der Waals surface area contributed by atoms with Gasteiger partial charge < -0.3 is 20.1 Å². The van der Waals surface area contributed by atoms with Crippen LogP contribution >= 0.6 is 11.6 Å². The van der Waals surface area contributed by atoms with Crippen LogP contribution in [0.3, 0.4) is 0 Å². The highest BCUT2D eigenvalue weighted by atomic mass is 35.5. The van der Waals surface area contributed by atoms with Crippen molar-refractivity contribution in [3.63, 3.8) is 0 Å². The molecule has 0 aliphatic rings. The molecular formula is C25H23ClN2O3. The molecule has 0 saturated heterocycles. The van der Waals surface area contributed by atoms with Gasteiger partial charge in [0.25, 0.3) is 0 Å². The molecule has 0 radical (unpaired) electrons. The summed E-state index contributed by atoms with van der Waals surface area (Å²) < 4.78 is 5.87. The highest BCUT2D eigenvalue weighted by Gasteiger charge is 2.19. The first kappa shape index (κ1) is 21.0. The number of hydrogen-bond donors (Lipinski definition) is 3. The first-order valence-corrected chi connectivity index (χ1v) is 10.4. The third-order valence-corrected chi connectivity index (χ3v) is 5.38. The molecule has 0 unspecified atom stereocenters. The van der Waals surface area contributed by atoms with Gasteiger partial charge in [-0.05, 0) is 47.0 Å². The first-order valence-electron chi connectivity index (χ1n) is 10.1. The van der Waals surface area contributed by atoms with E-state index in [0.717, 1.165) is 33.3 Å². The van der Waals surface area contributed by atoms with Crippen molar-refractivity contribution in [1.29, 1.82) is 0 Å². The molecular weight excluding hydrogens is 412 g/mol. The second-order valence-electron chi connectivity index (χ2n) is 7.40. The SMILES string of the molecule is O=C(O)[C@@H](Cc1c[nH]c2ccccc12)NCc1cccc(OCc2cccc(Cl)c2)c1. The predicted octanol–water partition coefficient (Wildman–Crippen LogP) is 5.19. The maximum atomic E-state index is 11.8. The topological polar surface area (TPSA) is 74.3 Å². The predicted molar refractivity (Wildman–Crippen MR) is 122 cm³/mol. The van der Waals surface area contributed by atoms with Gasteiger partial charge in [0.15, 0.2) is 0 Å². The fraction of sp³-hybridized carbons (Fsp3) is 0.160. The lowest BCUT2D eigenvalue weighted by Crippen LogP contribution is -2.38. The Labute approximate surface area is 185 Å². The molecule has 1 aromatic heterocycles. The van der Waals surface area contributed by atoms with Crippen LogP contribution in [0.4, 0.5) is 0 Å². The van der Waals surface area contributed by atoms with Gasteiger partial charge in [0.2, 0.25) is 0 Å². The summed E-state index contributed by atoms with van der Waals surface area (Å²) in [6, 6.07) is 22.4. The zero-order valence-corrected chi connectivity index (χ0v) is 17.6. The number of carboxylic acid groups (broad SMARTS) is 1. The minimum absolute atomic E-state index is 0.393. The van der Waals surface area contributed by atoms with E-state index in [0.29, 0.717) is 24.6 Å². The lowest BCUT2D eigenvalue weighted by atomic mass is 10.0. The number of aromatic nitrogens is 1. The van der Waals surface area contributed by atoms with Crippen LogP contribution in [-0.4, -0.2) is 22.1 Å². The minimum atomic E-state index is -0.876. The normalized spacial score (nSPS) is 12.0. The van der Waals surface area contributed by atoms with Crippen molar-refractivity contribution in [2.24, 2.45) is 0 Å². The second-order valence-corrected chi connectivity index (χ2v) is 7.84. The van der Waals surface area contributed by atoms with E-state index in [2.05, 4.69) is 10.3 Å². The number of fused-ring (bicyclic) bond motifs is 1. The van der Waals surface area contributed by atoms with Crippen LogP contribution in [-0.2, 0) is 24.4 Å². The Bertz CT molecular complexity index is 1190. The number of halogens is 1. The number of hydrogen-bond acceptors (Lipinski definition) is 3. The summed E-state index contributed by atoms with van der Waals surface area (Å²) in [5.41, 5.74) is 3.93. The van der Waals surface area contributed by atoms with Gasteiger partial charge in [0, 0.05) is 35.1 Å². The van der Waals surface area contributed by atoms with E-state index in [9.17, 15) is 9.90 Å².